The van der Waals surface area contributed by atoms with Crippen molar-refractivity contribution < 1.29 is 9.59 Å². The molecule has 17 heavy (non-hydrogen) atoms. The van der Waals surface area contributed by atoms with Crippen molar-refractivity contribution in [2.24, 2.45) is 11.7 Å². The van der Waals surface area contributed by atoms with Crippen LogP contribution in [0.5, 0.6) is 0 Å². The molecule has 0 fully saturated rings. The summed E-state index contributed by atoms with van der Waals surface area (Å²) < 4.78 is 0. The molecule has 0 aliphatic rings. The van der Waals surface area contributed by atoms with E-state index in [1.807, 2.05) is 13.8 Å². The van der Waals surface area contributed by atoms with Gasteiger partial charge >= 0.3 is 0 Å². The largest absolute Gasteiger partial charge is 0.393 e. The fourth-order valence-corrected chi connectivity index (χ4v) is 1.62. The molecule has 0 saturated carbocycles. The van der Waals surface area contributed by atoms with Crippen molar-refractivity contribution in [3.63, 3.8) is 0 Å². The van der Waals surface area contributed by atoms with Crippen LogP contribution >= 0.6 is 12.2 Å². The van der Waals surface area contributed by atoms with Gasteiger partial charge in [-0.3, -0.25) is 9.59 Å². The van der Waals surface area contributed by atoms with E-state index in [2.05, 4.69) is 10.6 Å². The van der Waals surface area contributed by atoms with Gasteiger partial charge < -0.3 is 16.4 Å². The first-order valence-corrected chi connectivity index (χ1v) is 6.27. The standard InChI is InChI=1S/C11H21N3O2S/c1-3-5-8(10(12)17)11(16)14-7-6-9(15)13-4-2/h8H,3-7H2,1-2H3,(H2,12,17)(H,13,15)(H,14,16). The number of nitrogens with one attached hydrogen (secondary N) is 2. The SMILES string of the molecule is CCCC(C(=O)NCCC(=O)NCC)C(N)=S. The molecule has 5 nitrogen and oxygen atoms in total. The lowest BCUT2D eigenvalue weighted by molar-refractivity contribution is -0.123. The predicted octanol–water partition coefficient (Wildman–Crippen LogP) is 0.331. The number of hydrogen-bond acceptors (Lipinski definition) is 3. The summed E-state index contributed by atoms with van der Waals surface area (Å²) in [5.74, 6) is -0.692. The number of carbonyl (C=O) groups excluding carboxylic acids is 2. The first-order valence-electron chi connectivity index (χ1n) is 5.86. The molecule has 0 bridgehead atoms. The summed E-state index contributed by atoms with van der Waals surface area (Å²) in [4.78, 5) is 23.1. The first kappa shape index (κ1) is 15.8. The maximum atomic E-state index is 11.7. The highest BCUT2D eigenvalue weighted by atomic mass is 32.1. The average molecular weight is 259 g/mol. The van der Waals surface area contributed by atoms with Gasteiger partial charge in [0.15, 0.2) is 0 Å². The summed E-state index contributed by atoms with van der Waals surface area (Å²) >= 11 is 4.84. The molecule has 2 amide bonds. The first-order chi connectivity index (χ1) is 8.02. The van der Waals surface area contributed by atoms with Crippen LogP contribution in [0.3, 0.4) is 0 Å². The van der Waals surface area contributed by atoms with E-state index in [1.54, 1.807) is 0 Å². The lowest BCUT2D eigenvalue weighted by Gasteiger charge is -2.14. The highest BCUT2D eigenvalue weighted by molar-refractivity contribution is 7.80. The van der Waals surface area contributed by atoms with Crippen LogP contribution in [0, 0.1) is 5.92 Å². The molecule has 0 aromatic heterocycles. The van der Waals surface area contributed by atoms with E-state index in [9.17, 15) is 9.59 Å². The van der Waals surface area contributed by atoms with Gasteiger partial charge in [0.2, 0.25) is 11.8 Å². The van der Waals surface area contributed by atoms with Crippen LogP contribution in [0.25, 0.3) is 0 Å². The lowest BCUT2D eigenvalue weighted by Crippen LogP contribution is -2.39. The summed E-state index contributed by atoms with van der Waals surface area (Å²) in [5, 5.41) is 5.33. The molecule has 0 aromatic rings. The van der Waals surface area contributed by atoms with Crippen LogP contribution in [0.2, 0.25) is 0 Å². The minimum absolute atomic E-state index is 0.0739. The van der Waals surface area contributed by atoms with E-state index in [4.69, 9.17) is 18.0 Å². The molecule has 4 N–H and O–H groups in total. The quantitative estimate of drug-likeness (QED) is 0.549. The van der Waals surface area contributed by atoms with Crippen LogP contribution in [0.4, 0.5) is 0 Å². The Morgan fingerprint density at radius 3 is 2.41 bits per heavy atom. The number of rotatable bonds is 8. The fourth-order valence-electron chi connectivity index (χ4n) is 1.40. The van der Waals surface area contributed by atoms with E-state index in [0.717, 1.165) is 6.42 Å². The van der Waals surface area contributed by atoms with Gasteiger partial charge in [0.1, 0.15) is 0 Å². The van der Waals surface area contributed by atoms with Crippen LogP contribution in [-0.4, -0.2) is 29.9 Å². The number of thiocarbonyl (C=S) groups is 1. The highest BCUT2D eigenvalue weighted by Crippen LogP contribution is 2.06. The van der Waals surface area contributed by atoms with Gasteiger partial charge in [-0.05, 0) is 13.3 Å². The third kappa shape index (κ3) is 6.88. The number of nitrogens with two attached hydrogens (primary N) is 1. The zero-order valence-electron chi connectivity index (χ0n) is 10.4. The Bertz CT molecular complexity index is 282. The van der Waals surface area contributed by atoms with Gasteiger partial charge in [-0.15, -0.1) is 0 Å². The zero-order chi connectivity index (χ0) is 13.3. The second-order valence-electron chi connectivity index (χ2n) is 3.74. The van der Waals surface area contributed by atoms with Crippen LogP contribution in [0.1, 0.15) is 33.1 Å². The minimum atomic E-state index is -0.427. The van der Waals surface area contributed by atoms with Crippen LogP contribution in [-0.2, 0) is 9.59 Å². The zero-order valence-corrected chi connectivity index (χ0v) is 11.2. The van der Waals surface area contributed by atoms with E-state index < -0.39 is 5.92 Å². The Balaban J connectivity index is 3.98. The van der Waals surface area contributed by atoms with Crippen molar-refractivity contribution in [3.05, 3.63) is 0 Å². The Hall–Kier alpha value is -1.17. The minimum Gasteiger partial charge on any atom is -0.393 e. The molecule has 0 rings (SSSR count). The Morgan fingerprint density at radius 2 is 1.94 bits per heavy atom. The van der Waals surface area contributed by atoms with E-state index >= 15 is 0 Å². The van der Waals surface area contributed by atoms with Crippen molar-refractivity contribution in [2.75, 3.05) is 13.1 Å². The van der Waals surface area contributed by atoms with Crippen molar-refractivity contribution in [1.82, 2.24) is 10.6 Å². The van der Waals surface area contributed by atoms with Gasteiger partial charge in [0, 0.05) is 19.5 Å². The van der Waals surface area contributed by atoms with E-state index in [1.165, 1.54) is 0 Å². The van der Waals surface area contributed by atoms with E-state index in [-0.39, 0.29) is 23.2 Å². The summed E-state index contributed by atoms with van der Waals surface area (Å²) in [6.45, 7) is 4.72. The van der Waals surface area contributed by atoms with E-state index in [0.29, 0.717) is 19.5 Å². The third-order valence-electron chi connectivity index (χ3n) is 2.26. The van der Waals surface area contributed by atoms with Gasteiger partial charge in [-0.2, -0.15) is 0 Å². The Labute approximate surface area is 108 Å². The highest BCUT2D eigenvalue weighted by Gasteiger charge is 2.19. The van der Waals surface area contributed by atoms with Gasteiger partial charge in [-0.1, -0.05) is 25.6 Å². The molecule has 0 saturated heterocycles. The molecule has 0 aromatic carbocycles. The summed E-state index contributed by atoms with van der Waals surface area (Å²) in [5.41, 5.74) is 5.49. The topological polar surface area (TPSA) is 84.2 Å². The molecule has 0 heterocycles. The summed E-state index contributed by atoms with van der Waals surface area (Å²) in [7, 11) is 0. The van der Waals surface area contributed by atoms with Crippen molar-refractivity contribution in [3.8, 4) is 0 Å². The normalized spacial score (nSPS) is 11.6. The predicted molar refractivity (Wildman–Crippen MR) is 71.5 cm³/mol. The Morgan fingerprint density at radius 1 is 1.29 bits per heavy atom. The number of amides is 2. The van der Waals surface area contributed by atoms with Crippen LogP contribution < -0.4 is 16.4 Å². The number of hydrogen-bond donors (Lipinski definition) is 3. The second kappa shape index (κ2) is 8.92. The van der Waals surface area contributed by atoms with Crippen molar-refractivity contribution in [1.29, 1.82) is 0 Å². The molecular weight excluding hydrogens is 238 g/mol. The van der Waals surface area contributed by atoms with Gasteiger partial charge in [-0.25, -0.2) is 0 Å². The van der Waals surface area contributed by atoms with Crippen molar-refractivity contribution in [2.45, 2.75) is 33.1 Å². The maximum absolute atomic E-state index is 11.7. The van der Waals surface area contributed by atoms with Crippen molar-refractivity contribution >= 4 is 29.0 Å². The molecule has 1 atom stereocenters. The summed E-state index contributed by atoms with van der Waals surface area (Å²) in [6, 6.07) is 0. The number of carbonyl (C=O) groups is 2. The Kier molecular flexibility index (Phi) is 8.31. The van der Waals surface area contributed by atoms with Crippen LogP contribution in [0.15, 0.2) is 0 Å². The second-order valence-corrected chi connectivity index (χ2v) is 4.21. The smallest absolute Gasteiger partial charge is 0.229 e. The molecule has 1 unspecified atom stereocenters. The average Bonchev–Trinajstić information content (AvgIpc) is 2.25. The monoisotopic (exact) mass is 259 g/mol. The maximum Gasteiger partial charge on any atom is 0.229 e. The third-order valence-corrected chi connectivity index (χ3v) is 2.55. The van der Waals surface area contributed by atoms with Gasteiger partial charge in [0.25, 0.3) is 0 Å². The lowest BCUT2D eigenvalue weighted by atomic mass is 10.0. The molecule has 6 heteroatoms. The van der Waals surface area contributed by atoms with Gasteiger partial charge in [0.05, 0.1) is 10.9 Å². The molecule has 0 radical (unpaired) electrons. The summed E-state index contributed by atoms with van der Waals surface area (Å²) in [6.07, 6.45) is 1.75. The molecule has 0 aliphatic carbocycles. The molecule has 0 spiro atoms. The fraction of sp³-hybridized carbons (Fsp3) is 0.727. The molecule has 0 aliphatic heterocycles. The molecule has 98 valence electrons. The molecular formula is C11H21N3O2S.